The van der Waals surface area contributed by atoms with Crippen LogP contribution in [0.3, 0.4) is 0 Å². The quantitative estimate of drug-likeness (QED) is 0.391. The molecular weight excluding hydrogens is 366 g/mol. The smallest absolute Gasteiger partial charge is 0.160 e. The highest BCUT2D eigenvalue weighted by Crippen LogP contribution is 2.48. The summed E-state index contributed by atoms with van der Waals surface area (Å²) in [6, 6.07) is 6.47. The van der Waals surface area contributed by atoms with Crippen LogP contribution in [0.2, 0.25) is 0 Å². The highest BCUT2D eigenvalue weighted by Gasteiger charge is 2.41. The number of thiophene rings is 1. The lowest BCUT2D eigenvalue weighted by molar-refractivity contribution is -0.0355. The Kier molecular flexibility index (Phi) is 7.48. The molecule has 4 atom stereocenters. The van der Waals surface area contributed by atoms with Gasteiger partial charge in [-0.1, -0.05) is 25.5 Å². The van der Waals surface area contributed by atoms with Crippen molar-refractivity contribution in [3.63, 3.8) is 0 Å². The molecule has 1 N–H and O–H groups in total. The van der Waals surface area contributed by atoms with Gasteiger partial charge in [-0.15, -0.1) is 11.3 Å². The van der Waals surface area contributed by atoms with Crippen LogP contribution in [0.25, 0.3) is 0 Å². The maximum atomic E-state index is 10.8. The van der Waals surface area contributed by atoms with Crippen molar-refractivity contribution in [1.82, 2.24) is 0 Å². The first-order chi connectivity index (χ1) is 13.6. The number of aldehydes is 1. The molecule has 152 valence electrons. The zero-order valence-corrected chi connectivity index (χ0v) is 17.8. The third-order valence-electron chi connectivity index (χ3n) is 7.30. The molecule has 2 aliphatic carbocycles. The molecule has 1 heterocycles. The van der Waals surface area contributed by atoms with E-state index in [-0.39, 0.29) is 17.4 Å². The fourth-order valence-corrected chi connectivity index (χ4v) is 6.05. The minimum atomic E-state index is -0.242. The van der Waals surface area contributed by atoms with Gasteiger partial charge in [-0.05, 0) is 87.2 Å². The Bertz CT molecular complexity index is 707. The molecule has 2 fully saturated rings. The molecule has 2 saturated carbocycles. The first-order valence-corrected chi connectivity index (χ1v) is 11.7. The summed E-state index contributed by atoms with van der Waals surface area (Å²) in [4.78, 5) is 12.9. The fraction of sp³-hybridized carbons (Fsp3) is 0.667. The highest BCUT2D eigenvalue weighted by molar-refractivity contribution is 7.13. The van der Waals surface area contributed by atoms with E-state index in [1.165, 1.54) is 11.3 Å². The van der Waals surface area contributed by atoms with Crippen molar-refractivity contribution in [2.45, 2.75) is 77.2 Å². The fourth-order valence-electron chi connectivity index (χ4n) is 5.18. The van der Waals surface area contributed by atoms with Gasteiger partial charge in [0.2, 0.25) is 0 Å². The second kappa shape index (κ2) is 9.85. The Morgan fingerprint density at radius 3 is 2.82 bits per heavy atom. The predicted octanol–water partition coefficient (Wildman–Crippen LogP) is 5.94. The standard InChI is InChI=1S/C24H33NO2S/c1-2-24(14-5-15-24)23(27)9-4-8-22-18(10-11-19(22)16-25)6-3-7-20-12-13-21(17-26)28-20/h4,8,12-13,17-19,22-23,27H,2-3,5-7,9-11,14-15H2,1H3/b8-4+/t18-,19?,22?,23?/m0/s1. The molecule has 2 aliphatic rings. The summed E-state index contributed by atoms with van der Waals surface area (Å²) in [6.07, 6.45) is 15.8. The van der Waals surface area contributed by atoms with Gasteiger partial charge in [-0.25, -0.2) is 0 Å². The number of carbonyl (C=O) groups excluding carboxylic acids is 1. The van der Waals surface area contributed by atoms with Gasteiger partial charge < -0.3 is 5.11 Å². The summed E-state index contributed by atoms with van der Waals surface area (Å²) in [5.41, 5.74) is 0.148. The maximum Gasteiger partial charge on any atom is 0.160 e. The third-order valence-corrected chi connectivity index (χ3v) is 8.37. The van der Waals surface area contributed by atoms with Crippen molar-refractivity contribution in [3.05, 3.63) is 34.0 Å². The van der Waals surface area contributed by atoms with Gasteiger partial charge in [0, 0.05) is 4.88 Å². The van der Waals surface area contributed by atoms with Crippen molar-refractivity contribution < 1.29 is 9.90 Å². The van der Waals surface area contributed by atoms with E-state index in [1.54, 1.807) is 11.3 Å². The van der Waals surface area contributed by atoms with Crippen LogP contribution in [0.4, 0.5) is 0 Å². The van der Waals surface area contributed by atoms with Crippen LogP contribution in [0.5, 0.6) is 0 Å². The van der Waals surface area contributed by atoms with E-state index >= 15 is 0 Å². The van der Waals surface area contributed by atoms with E-state index in [4.69, 9.17) is 0 Å². The number of carbonyl (C=O) groups is 1. The van der Waals surface area contributed by atoms with Crippen LogP contribution < -0.4 is 0 Å². The topological polar surface area (TPSA) is 61.1 Å². The molecule has 28 heavy (non-hydrogen) atoms. The van der Waals surface area contributed by atoms with Gasteiger partial charge in [-0.3, -0.25) is 4.79 Å². The number of aliphatic hydroxyl groups excluding tert-OH is 1. The molecule has 0 amide bonds. The lowest BCUT2D eigenvalue weighted by Crippen LogP contribution is -2.40. The molecule has 0 spiro atoms. The Morgan fingerprint density at radius 1 is 1.39 bits per heavy atom. The van der Waals surface area contributed by atoms with Gasteiger partial charge in [0.15, 0.2) is 6.29 Å². The summed E-state index contributed by atoms with van der Waals surface area (Å²) in [5, 5.41) is 20.2. The van der Waals surface area contributed by atoms with Gasteiger partial charge in [-0.2, -0.15) is 5.26 Å². The van der Waals surface area contributed by atoms with E-state index in [2.05, 4.69) is 31.2 Å². The van der Waals surface area contributed by atoms with Crippen LogP contribution in [-0.4, -0.2) is 17.5 Å². The zero-order valence-electron chi connectivity index (χ0n) is 17.0. The number of hydrogen-bond acceptors (Lipinski definition) is 4. The Labute approximate surface area is 173 Å². The monoisotopic (exact) mass is 399 g/mol. The molecule has 1 aromatic rings. The van der Waals surface area contributed by atoms with Gasteiger partial charge >= 0.3 is 0 Å². The van der Waals surface area contributed by atoms with Crippen LogP contribution in [-0.2, 0) is 6.42 Å². The first-order valence-electron chi connectivity index (χ1n) is 10.9. The lowest BCUT2D eigenvalue weighted by atomic mass is 9.63. The lowest BCUT2D eigenvalue weighted by Gasteiger charge is -2.45. The predicted molar refractivity (Wildman–Crippen MR) is 114 cm³/mol. The summed E-state index contributed by atoms with van der Waals surface area (Å²) >= 11 is 1.59. The maximum absolute atomic E-state index is 10.8. The summed E-state index contributed by atoms with van der Waals surface area (Å²) < 4.78 is 0. The molecule has 3 rings (SSSR count). The number of aliphatic hydroxyl groups is 1. The number of nitrogens with zero attached hydrogens (tertiary/aromatic N) is 1. The van der Waals surface area contributed by atoms with Crippen molar-refractivity contribution in [3.8, 4) is 6.07 Å². The van der Waals surface area contributed by atoms with Crippen molar-refractivity contribution in [1.29, 1.82) is 5.26 Å². The SMILES string of the molecule is CCC1(C(O)C/C=C/C2C(C#N)CC[C@@H]2CCCc2ccc(C=O)s2)CCC1. The van der Waals surface area contributed by atoms with E-state index < -0.39 is 0 Å². The Balaban J connectivity index is 1.51. The molecule has 3 unspecified atom stereocenters. The molecule has 3 nitrogen and oxygen atoms in total. The zero-order chi connectivity index (χ0) is 20.0. The number of nitriles is 1. The molecular formula is C24H33NO2S. The van der Waals surface area contributed by atoms with Crippen LogP contribution in [0.1, 0.15) is 79.3 Å². The van der Waals surface area contributed by atoms with Gasteiger partial charge in [0.1, 0.15) is 0 Å². The third kappa shape index (κ3) is 4.75. The molecule has 0 radical (unpaired) electrons. The van der Waals surface area contributed by atoms with Crippen molar-refractivity contribution in [2.24, 2.45) is 23.2 Å². The first kappa shape index (κ1) is 21.3. The number of allylic oxidation sites excluding steroid dienone is 1. The molecule has 4 heteroatoms. The number of hydrogen-bond donors (Lipinski definition) is 1. The number of aryl methyl sites for hydroxylation is 1. The van der Waals surface area contributed by atoms with Crippen LogP contribution in [0.15, 0.2) is 24.3 Å². The number of rotatable bonds is 10. The Morgan fingerprint density at radius 2 is 2.21 bits per heavy atom. The largest absolute Gasteiger partial charge is 0.392 e. The summed E-state index contributed by atoms with van der Waals surface area (Å²) in [5.74, 6) is 1.00. The molecule has 0 saturated heterocycles. The van der Waals surface area contributed by atoms with E-state index in [9.17, 15) is 15.2 Å². The van der Waals surface area contributed by atoms with Crippen molar-refractivity contribution >= 4 is 17.6 Å². The molecule has 1 aromatic heterocycles. The second-order valence-electron chi connectivity index (χ2n) is 8.71. The van der Waals surface area contributed by atoms with Gasteiger partial charge in [0.25, 0.3) is 0 Å². The summed E-state index contributed by atoms with van der Waals surface area (Å²) in [7, 11) is 0. The summed E-state index contributed by atoms with van der Waals surface area (Å²) in [6.45, 7) is 2.19. The van der Waals surface area contributed by atoms with E-state index in [0.717, 1.165) is 69.0 Å². The Hall–Kier alpha value is -1.44. The average Bonchev–Trinajstić information content (AvgIpc) is 3.28. The van der Waals surface area contributed by atoms with Crippen molar-refractivity contribution in [2.75, 3.05) is 0 Å². The normalized spacial score (nSPS) is 27.4. The van der Waals surface area contributed by atoms with Gasteiger partial charge in [0.05, 0.1) is 23.0 Å². The molecule has 0 aliphatic heterocycles. The van der Waals surface area contributed by atoms with E-state index in [1.807, 2.05) is 6.07 Å². The van der Waals surface area contributed by atoms with Crippen LogP contribution >= 0.6 is 11.3 Å². The minimum Gasteiger partial charge on any atom is -0.392 e. The highest BCUT2D eigenvalue weighted by atomic mass is 32.1. The average molecular weight is 400 g/mol. The molecule has 0 bridgehead atoms. The molecule has 0 aromatic carbocycles. The van der Waals surface area contributed by atoms with Crippen LogP contribution in [0, 0.1) is 34.5 Å². The minimum absolute atomic E-state index is 0.116. The van der Waals surface area contributed by atoms with E-state index in [0.29, 0.717) is 11.8 Å². The second-order valence-corrected chi connectivity index (χ2v) is 9.91.